The molecule has 0 saturated carbocycles. The van der Waals surface area contributed by atoms with Crippen molar-refractivity contribution in [2.24, 2.45) is 0 Å². The number of aromatic nitrogens is 2. The third-order valence-electron chi connectivity index (χ3n) is 1.63. The molecule has 0 radical (unpaired) electrons. The average molecular weight is 216 g/mol. The predicted octanol–water partition coefficient (Wildman–Crippen LogP) is 1.34. The van der Waals surface area contributed by atoms with Gasteiger partial charge in [-0.25, -0.2) is 0 Å². The van der Waals surface area contributed by atoms with E-state index in [4.69, 9.17) is 9.63 Å². The van der Waals surface area contributed by atoms with E-state index in [0.717, 1.165) is 6.42 Å². The molecular weight excluding hydrogens is 204 g/mol. The molecule has 1 rings (SSSR count). The molecule has 1 aromatic rings. The lowest BCUT2D eigenvalue weighted by atomic mass is 10.5. The summed E-state index contributed by atoms with van der Waals surface area (Å²) < 4.78 is 4.91. The highest BCUT2D eigenvalue weighted by Crippen LogP contribution is 2.16. The Kier molecular flexibility index (Phi) is 3.94. The summed E-state index contributed by atoms with van der Waals surface area (Å²) in [5.41, 5.74) is 0. The summed E-state index contributed by atoms with van der Waals surface area (Å²) in [5, 5.41) is 11.9. The average Bonchev–Trinajstić information content (AvgIpc) is 2.61. The third-order valence-corrected chi connectivity index (χ3v) is 2.75. The van der Waals surface area contributed by atoms with Gasteiger partial charge >= 0.3 is 5.97 Å². The second kappa shape index (κ2) is 4.99. The van der Waals surface area contributed by atoms with Crippen molar-refractivity contribution < 1.29 is 14.4 Å². The maximum atomic E-state index is 10.5. The zero-order valence-electron chi connectivity index (χ0n) is 8.06. The largest absolute Gasteiger partial charge is 0.480 e. The smallest absolute Gasteiger partial charge is 0.316 e. The summed E-state index contributed by atoms with van der Waals surface area (Å²) in [7, 11) is 0. The Hall–Kier alpha value is -1.04. The van der Waals surface area contributed by atoms with Crippen LogP contribution in [0.4, 0.5) is 0 Å². The van der Waals surface area contributed by atoms with Crippen molar-refractivity contribution in [3.8, 4) is 0 Å². The lowest BCUT2D eigenvalue weighted by Gasteiger charge is -2.01. The molecule has 1 aromatic heterocycles. The molecule has 0 aliphatic carbocycles. The van der Waals surface area contributed by atoms with E-state index in [1.165, 1.54) is 11.8 Å². The van der Waals surface area contributed by atoms with Gasteiger partial charge in [0.05, 0.1) is 11.0 Å². The van der Waals surface area contributed by atoms with Gasteiger partial charge in [-0.3, -0.25) is 4.79 Å². The molecule has 5 nitrogen and oxygen atoms in total. The Morgan fingerprint density at radius 1 is 1.71 bits per heavy atom. The molecule has 6 heteroatoms. The van der Waals surface area contributed by atoms with Crippen molar-refractivity contribution in [1.82, 2.24) is 10.1 Å². The number of carboxylic acid groups (broad SMARTS) is 1. The van der Waals surface area contributed by atoms with Gasteiger partial charge in [-0.1, -0.05) is 12.1 Å². The molecule has 0 amide bonds. The van der Waals surface area contributed by atoms with Crippen LogP contribution in [0.25, 0.3) is 0 Å². The molecule has 78 valence electrons. The number of aliphatic carboxylic acids is 1. The highest BCUT2D eigenvalue weighted by atomic mass is 32.2. The van der Waals surface area contributed by atoms with Crippen LogP contribution in [-0.4, -0.2) is 26.5 Å². The number of hydrogen-bond donors (Lipinski definition) is 1. The molecule has 0 aromatic carbocycles. The minimum absolute atomic E-state index is 0.445. The Morgan fingerprint density at radius 3 is 2.93 bits per heavy atom. The summed E-state index contributed by atoms with van der Waals surface area (Å²) in [6, 6.07) is 0. The Balaban J connectivity index is 2.41. The number of aryl methyl sites for hydroxylation is 1. The molecule has 0 aliphatic heterocycles. The fraction of sp³-hybridized carbons (Fsp3) is 0.625. The molecule has 0 saturated heterocycles. The van der Waals surface area contributed by atoms with Gasteiger partial charge in [-0.15, -0.1) is 11.8 Å². The molecule has 1 unspecified atom stereocenters. The number of carboxylic acids is 1. The van der Waals surface area contributed by atoms with Crippen LogP contribution in [0, 0.1) is 0 Å². The molecule has 1 heterocycles. The van der Waals surface area contributed by atoms with Gasteiger partial charge in [0.2, 0.25) is 5.89 Å². The number of hydrogen-bond acceptors (Lipinski definition) is 5. The fourth-order valence-electron chi connectivity index (χ4n) is 0.760. The van der Waals surface area contributed by atoms with Crippen molar-refractivity contribution >= 4 is 17.7 Å². The molecule has 0 bridgehead atoms. The van der Waals surface area contributed by atoms with Gasteiger partial charge in [-0.2, -0.15) is 4.98 Å². The Labute approximate surface area is 85.9 Å². The van der Waals surface area contributed by atoms with Gasteiger partial charge < -0.3 is 9.63 Å². The maximum absolute atomic E-state index is 10.5. The van der Waals surface area contributed by atoms with Gasteiger partial charge in [0.25, 0.3) is 0 Å². The molecule has 1 atom stereocenters. The summed E-state index contributed by atoms with van der Waals surface area (Å²) in [6.45, 7) is 3.56. The highest BCUT2D eigenvalue weighted by Gasteiger charge is 2.13. The number of carbonyl (C=O) groups is 1. The Morgan fingerprint density at radius 2 is 2.43 bits per heavy atom. The topological polar surface area (TPSA) is 76.2 Å². The first kappa shape index (κ1) is 11.0. The van der Waals surface area contributed by atoms with E-state index in [1.54, 1.807) is 6.92 Å². The van der Waals surface area contributed by atoms with Crippen LogP contribution in [0.2, 0.25) is 0 Å². The van der Waals surface area contributed by atoms with Crippen LogP contribution in [0.5, 0.6) is 0 Å². The van der Waals surface area contributed by atoms with Gasteiger partial charge in [0.15, 0.2) is 5.82 Å². The van der Waals surface area contributed by atoms with Gasteiger partial charge in [0.1, 0.15) is 0 Å². The lowest BCUT2D eigenvalue weighted by Crippen LogP contribution is -2.11. The summed E-state index contributed by atoms with van der Waals surface area (Å²) in [4.78, 5) is 14.6. The zero-order valence-corrected chi connectivity index (χ0v) is 8.87. The minimum Gasteiger partial charge on any atom is -0.480 e. The van der Waals surface area contributed by atoms with Crippen LogP contribution in [0.15, 0.2) is 4.52 Å². The van der Waals surface area contributed by atoms with Crippen LogP contribution in [0.1, 0.15) is 25.6 Å². The van der Waals surface area contributed by atoms with E-state index in [1.807, 2.05) is 6.92 Å². The van der Waals surface area contributed by atoms with Crippen LogP contribution in [0.3, 0.4) is 0 Å². The first-order chi connectivity index (χ1) is 6.63. The number of thioether (sulfide) groups is 1. The quantitative estimate of drug-likeness (QED) is 0.800. The summed E-state index contributed by atoms with van der Waals surface area (Å²) in [6.07, 6.45) is 0.725. The molecular formula is C8H12N2O3S. The van der Waals surface area contributed by atoms with Gasteiger partial charge in [-0.05, 0) is 6.92 Å². The van der Waals surface area contributed by atoms with Crippen molar-refractivity contribution in [2.75, 3.05) is 0 Å². The third kappa shape index (κ3) is 3.02. The first-order valence-corrected chi connectivity index (χ1v) is 5.34. The van der Waals surface area contributed by atoms with Crippen molar-refractivity contribution in [1.29, 1.82) is 0 Å². The molecule has 1 N–H and O–H groups in total. The van der Waals surface area contributed by atoms with E-state index in [2.05, 4.69) is 10.1 Å². The number of nitrogens with zero attached hydrogens (tertiary/aromatic N) is 2. The predicted molar refractivity (Wildman–Crippen MR) is 52.1 cm³/mol. The normalized spacial score (nSPS) is 12.7. The van der Waals surface area contributed by atoms with Crippen LogP contribution >= 0.6 is 11.8 Å². The van der Waals surface area contributed by atoms with Gasteiger partial charge in [0, 0.05) is 6.42 Å². The lowest BCUT2D eigenvalue weighted by molar-refractivity contribution is -0.136. The van der Waals surface area contributed by atoms with E-state index in [0.29, 0.717) is 17.5 Å². The second-order valence-corrected chi connectivity index (χ2v) is 4.08. The molecule has 14 heavy (non-hydrogen) atoms. The number of rotatable bonds is 5. The van der Waals surface area contributed by atoms with Crippen molar-refractivity contribution in [3.63, 3.8) is 0 Å². The SMILES string of the molecule is CCc1noc(CSC(C)C(=O)O)n1. The molecule has 0 aliphatic rings. The Bertz CT molecular complexity index is 313. The van der Waals surface area contributed by atoms with E-state index in [9.17, 15) is 4.79 Å². The van der Waals surface area contributed by atoms with Crippen LogP contribution in [-0.2, 0) is 17.0 Å². The highest BCUT2D eigenvalue weighted by molar-refractivity contribution is 7.99. The van der Waals surface area contributed by atoms with Crippen molar-refractivity contribution in [2.45, 2.75) is 31.3 Å². The van der Waals surface area contributed by atoms with Crippen LogP contribution < -0.4 is 0 Å². The monoisotopic (exact) mass is 216 g/mol. The molecule has 0 spiro atoms. The summed E-state index contributed by atoms with van der Waals surface area (Å²) in [5.74, 6) is 0.759. The van der Waals surface area contributed by atoms with E-state index >= 15 is 0 Å². The van der Waals surface area contributed by atoms with E-state index in [-0.39, 0.29) is 0 Å². The first-order valence-electron chi connectivity index (χ1n) is 4.29. The van der Waals surface area contributed by atoms with Crippen molar-refractivity contribution in [3.05, 3.63) is 11.7 Å². The summed E-state index contributed by atoms with van der Waals surface area (Å²) >= 11 is 1.27. The standard InChI is InChI=1S/C8H12N2O3S/c1-3-6-9-7(13-10-6)4-14-5(2)8(11)12/h5H,3-4H2,1-2H3,(H,11,12). The fourth-order valence-corrected chi connectivity index (χ4v) is 1.41. The maximum Gasteiger partial charge on any atom is 0.316 e. The minimum atomic E-state index is -0.828. The molecule has 0 fully saturated rings. The zero-order chi connectivity index (χ0) is 10.6. The van der Waals surface area contributed by atoms with E-state index < -0.39 is 11.2 Å². The second-order valence-electron chi connectivity index (χ2n) is 2.75.